The summed E-state index contributed by atoms with van der Waals surface area (Å²) >= 11 is 9.59. The molecule has 6 heteroatoms. The molecule has 0 atom stereocenters. The summed E-state index contributed by atoms with van der Waals surface area (Å²) in [5, 5.41) is 5.16. The lowest BCUT2D eigenvalue weighted by Gasteiger charge is -2.05. The maximum atomic E-state index is 6.18. The molecule has 0 amide bonds. The van der Waals surface area contributed by atoms with Gasteiger partial charge in [0.1, 0.15) is 11.5 Å². The standard InChI is InChI=1S/C15H12BrClN4/c1-21-15(18)13(9-3-2-4-19-8-9)14(20-21)10-5-11(16)7-12(17)6-10/h2-8H,18H2,1H3. The van der Waals surface area contributed by atoms with E-state index < -0.39 is 0 Å². The first-order chi connectivity index (χ1) is 10.1. The van der Waals surface area contributed by atoms with Gasteiger partial charge in [-0.25, -0.2) is 0 Å². The molecule has 2 aromatic heterocycles. The lowest BCUT2D eigenvalue weighted by molar-refractivity contribution is 0.782. The number of aromatic nitrogens is 3. The third kappa shape index (κ3) is 2.66. The van der Waals surface area contributed by atoms with Gasteiger partial charge in [0.2, 0.25) is 0 Å². The summed E-state index contributed by atoms with van der Waals surface area (Å²) in [4.78, 5) is 4.15. The molecule has 0 unspecified atom stereocenters. The number of aryl methyl sites for hydroxylation is 1. The van der Waals surface area contributed by atoms with Crippen molar-refractivity contribution < 1.29 is 0 Å². The van der Waals surface area contributed by atoms with Gasteiger partial charge in [-0.3, -0.25) is 9.67 Å². The van der Waals surface area contributed by atoms with Gasteiger partial charge in [-0.2, -0.15) is 5.10 Å². The van der Waals surface area contributed by atoms with Crippen molar-refractivity contribution in [3.05, 3.63) is 52.2 Å². The maximum absolute atomic E-state index is 6.18. The highest BCUT2D eigenvalue weighted by Gasteiger charge is 2.18. The van der Waals surface area contributed by atoms with Crippen molar-refractivity contribution in [3.63, 3.8) is 0 Å². The van der Waals surface area contributed by atoms with Crippen LogP contribution in [0.15, 0.2) is 47.2 Å². The predicted molar refractivity (Wildman–Crippen MR) is 89.0 cm³/mol. The van der Waals surface area contributed by atoms with Crippen LogP contribution < -0.4 is 5.73 Å². The van der Waals surface area contributed by atoms with E-state index in [4.69, 9.17) is 17.3 Å². The average molecular weight is 364 g/mol. The van der Waals surface area contributed by atoms with E-state index >= 15 is 0 Å². The molecule has 0 fully saturated rings. The zero-order chi connectivity index (χ0) is 15.0. The van der Waals surface area contributed by atoms with Crippen molar-refractivity contribution >= 4 is 33.3 Å². The Kier molecular flexibility index (Phi) is 3.69. The Hall–Kier alpha value is -1.85. The highest BCUT2D eigenvalue weighted by Crippen LogP contribution is 2.37. The predicted octanol–water partition coefficient (Wildman–Crippen LogP) is 4.15. The fraction of sp³-hybridized carbons (Fsp3) is 0.0667. The second-order valence-corrected chi connectivity index (χ2v) is 5.98. The number of nitrogens with two attached hydrogens (primary N) is 1. The number of pyridine rings is 1. The number of halogens is 2. The Labute approximate surface area is 135 Å². The fourth-order valence-corrected chi connectivity index (χ4v) is 3.08. The molecule has 106 valence electrons. The average Bonchev–Trinajstić information content (AvgIpc) is 2.75. The van der Waals surface area contributed by atoms with E-state index in [1.165, 1.54) is 0 Å². The largest absolute Gasteiger partial charge is 0.383 e. The zero-order valence-corrected chi connectivity index (χ0v) is 13.6. The quantitative estimate of drug-likeness (QED) is 0.744. The molecule has 0 bridgehead atoms. The third-order valence-electron chi connectivity index (χ3n) is 3.18. The van der Waals surface area contributed by atoms with Crippen molar-refractivity contribution in [2.45, 2.75) is 0 Å². The van der Waals surface area contributed by atoms with Gasteiger partial charge in [-0.1, -0.05) is 33.6 Å². The van der Waals surface area contributed by atoms with Gasteiger partial charge in [-0.05, 0) is 24.3 Å². The summed E-state index contributed by atoms with van der Waals surface area (Å²) in [5.41, 5.74) is 9.65. The van der Waals surface area contributed by atoms with Gasteiger partial charge >= 0.3 is 0 Å². The second-order valence-electron chi connectivity index (χ2n) is 4.63. The number of nitrogens with zero attached hydrogens (tertiary/aromatic N) is 3. The summed E-state index contributed by atoms with van der Waals surface area (Å²) < 4.78 is 2.55. The third-order valence-corrected chi connectivity index (χ3v) is 3.85. The molecule has 0 saturated carbocycles. The number of nitrogen functional groups attached to an aromatic ring is 1. The normalized spacial score (nSPS) is 10.8. The van der Waals surface area contributed by atoms with E-state index in [1.54, 1.807) is 17.1 Å². The van der Waals surface area contributed by atoms with Crippen LogP contribution in [-0.4, -0.2) is 14.8 Å². The lowest BCUT2D eigenvalue weighted by Crippen LogP contribution is -1.98. The molecule has 0 aliphatic heterocycles. The zero-order valence-electron chi connectivity index (χ0n) is 11.2. The number of hydrogen-bond donors (Lipinski definition) is 1. The highest BCUT2D eigenvalue weighted by molar-refractivity contribution is 9.10. The molecular weight excluding hydrogens is 352 g/mol. The van der Waals surface area contributed by atoms with Gasteiger partial charge in [-0.15, -0.1) is 0 Å². The monoisotopic (exact) mass is 362 g/mol. The molecule has 3 rings (SSSR count). The lowest BCUT2D eigenvalue weighted by atomic mass is 10.0. The van der Waals surface area contributed by atoms with E-state index in [-0.39, 0.29) is 0 Å². The van der Waals surface area contributed by atoms with E-state index in [1.807, 2.05) is 37.4 Å². The first-order valence-corrected chi connectivity index (χ1v) is 7.42. The minimum Gasteiger partial charge on any atom is -0.383 e. The van der Waals surface area contributed by atoms with Gasteiger partial charge in [0.05, 0.1) is 5.56 Å². The Bertz CT molecular complexity index is 779. The Morgan fingerprint density at radius 3 is 2.71 bits per heavy atom. The van der Waals surface area contributed by atoms with Crippen LogP contribution in [-0.2, 0) is 7.05 Å². The highest BCUT2D eigenvalue weighted by atomic mass is 79.9. The molecule has 0 spiro atoms. The minimum atomic E-state index is 0.592. The molecule has 0 radical (unpaired) electrons. The topological polar surface area (TPSA) is 56.7 Å². The van der Waals surface area contributed by atoms with Crippen LogP contribution in [0.1, 0.15) is 0 Å². The Morgan fingerprint density at radius 1 is 1.24 bits per heavy atom. The number of benzene rings is 1. The molecule has 1 aromatic carbocycles. The first kappa shape index (κ1) is 14.1. The van der Waals surface area contributed by atoms with E-state index in [0.29, 0.717) is 10.8 Å². The molecule has 0 aliphatic carbocycles. The van der Waals surface area contributed by atoms with Gasteiger partial charge < -0.3 is 5.73 Å². The van der Waals surface area contributed by atoms with E-state index in [9.17, 15) is 0 Å². The van der Waals surface area contributed by atoms with Crippen LogP contribution >= 0.6 is 27.5 Å². The van der Waals surface area contributed by atoms with Crippen LogP contribution in [0.3, 0.4) is 0 Å². The molecule has 0 aliphatic rings. The van der Waals surface area contributed by atoms with E-state index in [0.717, 1.165) is 26.9 Å². The molecule has 4 nitrogen and oxygen atoms in total. The van der Waals surface area contributed by atoms with Crippen LogP contribution in [0.2, 0.25) is 5.02 Å². The summed E-state index contributed by atoms with van der Waals surface area (Å²) in [6.45, 7) is 0. The SMILES string of the molecule is Cn1nc(-c2cc(Cl)cc(Br)c2)c(-c2cccnc2)c1N. The summed E-state index contributed by atoms with van der Waals surface area (Å²) in [5.74, 6) is 0.592. The number of anilines is 1. The maximum Gasteiger partial charge on any atom is 0.129 e. The van der Waals surface area contributed by atoms with Crippen molar-refractivity contribution in [2.75, 3.05) is 5.73 Å². The van der Waals surface area contributed by atoms with Crippen LogP contribution in [0.4, 0.5) is 5.82 Å². The Morgan fingerprint density at radius 2 is 2.05 bits per heavy atom. The van der Waals surface area contributed by atoms with Crippen molar-refractivity contribution in [1.29, 1.82) is 0 Å². The van der Waals surface area contributed by atoms with E-state index in [2.05, 4.69) is 26.0 Å². The summed E-state index contributed by atoms with van der Waals surface area (Å²) in [7, 11) is 1.82. The summed E-state index contributed by atoms with van der Waals surface area (Å²) in [6.07, 6.45) is 3.50. The van der Waals surface area contributed by atoms with Crippen molar-refractivity contribution in [2.24, 2.45) is 7.05 Å². The summed E-state index contributed by atoms with van der Waals surface area (Å²) in [6, 6.07) is 9.51. The molecule has 21 heavy (non-hydrogen) atoms. The van der Waals surface area contributed by atoms with Gasteiger partial charge in [0.15, 0.2) is 0 Å². The molecule has 2 N–H and O–H groups in total. The number of rotatable bonds is 2. The van der Waals surface area contributed by atoms with Crippen LogP contribution in [0.5, 0.6) is 0 Å². The van der Waals surface area contributed by atoms with Crippen molar-refractivity contribution in [3.8, 4) is 22.4 Å². The molecule has 2 heterocycles. The molecule has 3 aromatic rings. The fourth-order valence-electron chi connectivity index (χ4n) is 2.22. The first-order valence-electron chi connectivity index (χ1n) is 6.25. The van der Waals surface area contributed by atoms with Crippen LogP contribution in [0.25, 0.3) is 22.4 Å². The van der Waals surface area contributed by atoms with Gasteiger partial charge in [0.25, 0.3) is 0 Å². The molecule has 0 saturated heterocycles. The molecular formula is C15H12BrClN4. The van der Waals surface area contributed by atoms with Crippen LogP contribution in [0, 0.1) is 0 Å². The second kappa shape index (κ2) is 5.50. The smallest absolute Gasteiger partial charge is 0.129 e. The minimum absolute atomic E-state index is 0.592. The number of hydrogen-bond acceptors (Lipinski definition) is 3. The Balaban J connectivity index is 2.26. The van der Waals surface area contributed by atoms with Crippen molar-refractivity contribution in [1.82, 2.24) is 14.8 Å². The van der Waals surface area contributed by atoms with Gasteiger partial charge in [0, 0.05) is 40.1 Å².